The highest BCUT2D eigenvalue weighted by molar-refractivity contribution is 6.33. The number of benzene rings is 2. The first-order valence-electron chi connectivity index (χ1n) is 8.37. The van der Waals surface area contributed by atoms with Crippen molar-refractivity contribution < 1.29 is 9.90 Å². The molecule has 1 fully saturated rings. The Kier molecular flexibility index (Phi) is 4.34. The zero-order valence-corrected chi connectivity index (χ0v) is 14.7. The Morgan fingerprint density at radius 1 is 1.00 bits per heavy atom. The number of carbonyl (C=O) groups is 1. The Hall–Kier alpha value is -2.86. The summed E-state index contributed by atoms with van der Waals surface area (Å²) in [5.41, 5.74) is 2.73. The Morgan fingerprint density at radius 2 is 1.73 bits per heavy atom. The van der Waals surface area contributed by atoms with E-state index in [1.54, 1.807) is 0 Å². The van der Waals surface area contributed by atoms with E-state index >= 15 is 0 Å². The van der Waals surface area contributed by atoms with Gasteiger partial charge in [0.25, 0.3) is 0 Å². The Morgan fingerprint density at radius 3 is 2.46 bits per heavy atom. The number of para-hydroxylation sites is 1. The molecule has 0 bridgehead atoms. The fraction of sp³-hybridized carbons (Fsp3) is 0.211. The molecule has 3 aromatic rings. The molecule has 0 spiro atoms. The molecule has 0 radical (unpaired) electrons. The van der Waals surface area contributed by atoms with Crippen LogP contribution in [0.25, 0.3) is 22.0 Å². The quantitative estimate of drug-likeness (QED) is 0.746. The van der Waals surface area contributed by atoms with Gasteiger partial charge in [-0.25, -0.2) is 14.8 Å². The van der Waals surface area contributed by atoms with Crippen molar-refractivity contribution in [1.29, 1.82) is 0 Å². The average molecular weight is 369 g/mol. The third-order valence-electron chi connectivity index (χ3n) is 4.60. The van der Waals surface area contributed by atoms with Crippen LogP contribution in [0.3, 0.4) is 0 Å². The first-order chi connectivity index (χ1) is 12.6. The van der Waals surface area contributed by atoms with E-state index < -0.39 is 6.09 Å². The number of carboxylic acid groups (broad SMARTS) is 1. The summed E-state index contributed by atoms with van der Waals surface area (Å²) in [6.07, 6.45) is 0.923. The lowest BCUT2D eigenvalue weighted by molar-refractivity contribution is 0.142. The fourth-order valence-electron chi connectivity index (χ4n) is 3.19. The molecule has 0 saturated carbocycles. The predicted molar refractivity (Wildman–Crippen MR) is 102 cm³/mol. The molecule has 132 valence electrons. The molecule has 1 aromatic heterocycles. The van der Waals surface area contributed by atoms with Gasteiger partial charge in [-0.2, -0.15) is 0 Å². The van der Waals surface area contributed by atoms with Gasteiger partial charge in [0.15, 0.2) is 0 Å². The molecular formula is C19H17ClN4O2. The molecule has 7 heteroatoms. The zero-order chi connectivity index (χ0) is 18.1. The topological polar surface area (TPSA) is 69.6 Å². The number of piperazine rings is 1. The van der Waals surface area contributed by atoms with Crippen molar-refractivity contribution in [3.8, 4) is 11.1 Å². The lowest BCUT2D eigenvalue weighted by Gasteiger charge is -2.33. The molecule has 6 nitrogen and oxygen atoms in total. The largest absolute Gasteiger partial charge is 0.465 e. The third kappa shape index (κ3) is 3.04. The van der Waals surface area contributed by atoms with Crippen LogP contribution in [0.2, 0.25) is 5.02 Å². The van der Waals surface area contributed by atoms with Gasteiger partial charge in [0.2, 0.25) is 5.95 Å². The van der Waals surface area contributed by atoms with Gasteiger partial charge >= 0.3 is 6.09 Å². The molecule has 1 aliphatic heterocycles. The van der Waals surface area contributed by atoms with Gasteiger partial charge in [0, 0.05) is 53.9 Å². The predicted octanol–water partition coefficient (Wildman–Crippen LogP) is 3.75. The second-order valence-electron chi connectivity index (χ2n) is 6.15. The van der Waals surface area contributed by atoms with Crippen molar-refractivity contribution >= 4 is 34.5 Å². The standard InChI is InChI=1S/C19H17ClN4O2/c20-16-7-2-1-5-14(16)15-6-3-4-13-12-21-18(22-17(13)15)23-8-10-24(11-9-23)19(25)26/h1-7,12H,8-11H2,(H,25,26). The molecule has 0 unspecified atom stereocenters. The molecule has 1 aliphatic rings. The molecule has 0 aliphatic carbocycles. The third-order valence-corrected chi connectivity index (χ3v) is 4.92. The minimum Gasteiger partial charge on any atom is -0.465 e. The maximum absolute atomic E-state index is 11.1. The van der Waals surface area contributed by atoms with E-state index in [0.717, 1.165) is 22.0 Å². The summed E-state index contributed by atoms with van der Waals surface area (Å²) < 4.78 is 0. The van der Waals surface area contributed by atoms with Gasteiger partial charge in [-0.05, 0) is 6.07 Å². The number of hydrogen-bond acceptors (Lipinski definition) is 4. The summed E-state index contributed by atoms with van der Waals surface area (Å²) in [4.78, 5) is 23.7. The van der Waals surface area contributed by atoms with Crippen molar-refractivity contribution in [3.63, 3.8) is 0 Å². The van der Waals surface area contributed by atoms with E-state index in [1.807, 2.05) is 53.6 Å². The van der Waals surface area contributed by atoms with Crippen LogP contribution >= 0.6 is 11.6 Å². The zero-order valence-electron chi connectivity index (χ0n) is 14.0. The number of amides is 1. The summed E-state index contributed by atoms with van der Waals surface area (Å²) in [7, 11) is 0. The molecule has 26 heavy (non-hydrogen) atoms. The van der Waals surface area contributed by atoms with Crippen LogP contribution in [-0.2, 0) is 0 Å². The second-order valence-corrected chi connectivity index (χ2v) is 6.56. The molecular weight excluding hydrogens is 352 g/mol. The van der Waals surface area contributed by atoms with Crippen LogP contribution in [0.4, 0.5) is 10.7 Å². The van der Waals surface area contributed by atoms with Gasteiger partial charge in [-0.15, -0.1) is 0 Å². The van der Waals surface area contributed by atoms with Gasteiger partial charge in [0.05, 0.1) is 5.52 Å². The molecule has 0 atom stereocenters. The molecule has 2 aromatic carbocycles. The number of anilines is 1. The van der Waals surface area contributed by atoms with Crippen LogP contribution in [0, 0.1) is 0 Å². The van der Waals surface area contributed by atoms with E-state index in [0.29, 0.717) is 37.1 Å². The molecule has 2 heterocycles. The molecule has 1 N–H and O–H groups in total. The fourth-order valence-corrected chi connectivity index (χ4v) is 3.43. The van der Waals surface area contributed by atoms with Crippen molar-refractivity contribution in [2.45, 2.75) is 0 Å². The first kappa shape index (κ1) is 16.6. The maximum Gasteiger partial charge on any atom is 0.407 e. The van der Waals surface area contributed by atoms with Crippen molar-refractivity contribution in [2.75, 3.05) is 31.1 Å². The van der Waals surface area contributed by atoms with Crippen molar-refractivity contribution in [1.82, 2.24) is 14.9 Å². The first-order valence-corrected chi connectivity index (χ1v) is 8.75. The van der Waals surface area contributed by atoms with Crippen molar-refractivity contribution in [3.05, 3.63) is 53.7 Å². The van der Waals surface area contributed by atoms with Crippen LogP contribution in [0.15, 0.2) is 48.7 Å². The van der Waals surface area contributed by atoms with E-state index in [2.05, 4.69) is 4.98 Å². The van der Waals surface area contributed by atoms with E-state index in [-0.39, 0.29) is 0 Å². The smallest absolute Gasteiger partial charge is 0.407 e. The van der Waals surface area contributed by atoms with Crippen LogP contribution in [0.1, 0.15) is 0 Å². The number of rotatable bonds is 2. The van der Waals surface area contributed by atoms with Crippen LogP contribution < -0.4 is 4.90 Å². The summed E-state index contributed by atoms with van der Waals surface area (Å²) in [5.74, 6) is 0.613. The highest BCUT2D eigenvalue weighted by Gasteiger charge is 2.22. The minimum atomic E-state index is -0.884. The lowest BCUT2D eigenvalue weighted by atomic mass is 10.0. The summed E-state index contributed by atoms with van der Waals surface area (Å²) in [5, 5.41) is 10.7. The molecule has 1 amide bonds. The normalized spacial score (nSPS) is 14.7. The summed E-state index contributed by atoms with van der Waals surface area (Å²) in [6.45, 7) is 2.05. The molecule has 1 saturated heterocycles. The highest BCUT2D eigenvalue weighted by Crippen LogP contribution is 2.32. The maximum atomic E-state index is 11.1. The SMILES string of the molecule is O=C(O)N1CCN(c2ncc3cccc(-c4ccccc4Cl)c3n2)CC1. The number of fused-ring (bicyclic) bond motifs is 1. The van der Waals surface area contributed by atoms with Gasteiger partial charge in [-0.1, -0.05) is 48.0 Å². The Balaban J connectivity index is 1.72. The lowest BCUT2D eigenvalue weighted by Crippen LogP contribution is -2.48. The van der Waals surface area contributed by atoms with E-state index in [4.69, 9.17) is 21.7 Å². The van der Waals surface area contributed by atoms with Gasteiger partial charge < -0.3 is 14.9 Å². The summed E-state index contributed by atoms with van der Waals surface area (Å²) in [6, 6.07) is 13.6. The van der Waals surface area contributed by atoms with Crippen molar-refractivity contribution in [2.24, 2.45) is 0 Å². The number of halogens is 1. The number of aromatic nitrogens is 2. The van der Waals surface area contributed by atoms with E-state index in [9.17, 15) is 4.79 Å². The van der Waals surface area contributed by atoms with E-state index in [1.165, 1.54) is 4.90 Å². The second kappa shape index (κ2) is 6.80. The average Bonchev–Trinajstić information content (AvgIpc) is 2.68. The number of hydrogen-bond donors (Lipinski definition) is 1. The minimum absolute atomic E-state index is 0.447. The monoisotopic (exact) mass is 368 g/mol. The Bertz CT molecular complexity index is 971. The number of nitrogens with zero attached hydrogens (tertiary/aromatic N) is 4. The van der Waals surface area contributed by atoms with Crippen LogP contribution in [0.5, 0.6) is 0 Å². The summed E-state index contributed by atoms with van der Waals surface area (Å²) >= 11 is 6.38. The molecule has 4 rings (SSSR count). The van der Waals surface area contributed by atoms with Gasteiger partial charge in [0.1, 0.15) is 0 Å². The highest BCUT2D eigenvalue weighted by atomic mass is 35.5. The van der Waals surface area contributed by atoms with Crippen LogP contribution in [-0.4, -0.2) is 52.2 Å². The van der Waals surface area contributed by atoms with Gasteiger partial charge in [-0.3, -0.25) is 0 Å². The Labute approximate surface area is 155 Å².